The third kappa shape index (κ3) is 3.82. The lowest BCUT2D eigenvalue weighted by Crippen LogP contribution is -2.15. The number of hydrogen-bond donors (Lipinski definition) is 2. The Labute approximate surface area is 144 Å². The summed E-state index contributed by atoms with van der Waals surface area (Å²) in [5, 5.41) is 6.70. The van der Waals surface area contributed by atoms with E-state index in [1.54, 1.807) is 39.0 Å². The van der Waals surface area contributed by atoms with Crippen LogP contribution in [-0.4, -0.2) is 21.0 Å². The molecule has 2 N–H and O–H groups in total. The van der Waals surface area contributed by atoms with E-state index in [1.807, 2.05) is 6.07 Å². The van der Waals surface area contributed by atoms with Gasteiger partial charge in [0, 0.05) is 28.6 Å². The highest BCUT2D eigenvalue weighted by atomic mass is 16.5. The molecule has 0 atom stereocenters. The van der Waals surface area contributed by atoms with Gasteiger partial charge in [0.25, 0.3) is 5.56 Å². The quantitative estimate of drug-likeness (QED) is 0.761. The summed E-state index contributed by atoms with van der Waals surface area (Å²) in [5.74, 6) is 0.937. The second kappa shape index (κ2) is 6.72. The minimum atomic E-state index is -0.213. The van der Waals surface area contributed by atoms with Crippen LogP contribution in [0.2, 0.25) is 0 Å². The maximum absolute atomic E-state index is 12.3. The lowest BCUT2D eigenvalue weighted by atomic mass is 10.1. The number of benzene rings is 1. The van der Waals surface area contributed by atoms with Gasteiger partial charge in [0.2, 0.25) is 5.91 Å². The summed E-state index contributed by atoms with van der Waals surface area (Å²) in [6.45, 7) is 5.34. The van der Waals surface area contributed by atoms with E-state index in [1.165, 1.54) is 6.07 Å². The zero-order chi connectivity index (χ0) is 18.0. The number of amides is 1. The monoisotopic (exact) mass is 338 g/mol. The number of nitrogens with zero attached hydrogens (tertiary/aromatic N) is 2. The minimum absolute atomic E-state index is 0.169. The van der Waals surface area contributed by atoms with Crippen LogP contribution in [0.1, 0.15) is 22.7 Å². The summed E-state index contributed by atoms with van der Waals surface area (Å²) in [6.07, 6.45) is 0.185. The van der Waals surface area contributed by atoms with E-state index in [2.05, 4.69) is 20.4 Å². The van der Waals surface area contributed by atoms with Gasteiger partial charge in [-0.15, -0.1) is 0 Å². The molecule has 1 aromatic carbocycles. The SMILES string of the molecule is Cc1cc(=O)[nH]c(-c2cccc(NC(=O)Cc3c(C)noc3C)c2)n1. The zero-order valence-corrected chi connectivity index (χ0v) is 14.2. The van der Waals surface area contributed by atoms with Crippen LogP contribution in [0.5, 0.6) is 0 Å². The molecule has 7 heteroatoms. The number of aromatic amines is 1. The van der Waals surface area contributed by atoms with Gasteiger partial charge in [-0.1, -0.05) is 17.3 Å². The van der Waals surface area contributed by atoms with Crippen molar-refractivity contribution >= 4 is 11.6 Å². The van der Waals surface area contributed by atoms with Crippen molar-refractivity contribution in [3.8, 4) is 11.4 Å². The number of carbonyl (C=O) groups excluding carboxylic acids is 1. The van der Waals surface area contributed by atoms with Crippen molar-refractivity contribution in [1.29, 1.82) is 0 Å². The topological polar surface area (TPSA) is 101 Å². The van der Waals surface area contributed by atoms with Crippen LogP contribution in [0.25, 0.3) is 11.4 Å². The third-order valence-electron chi connectivity index (χ3n) is 3.81. The molecule has 0 bridgehead atoms. The Balaban J connectivity index is 1.80. The van der Waals surface area contributed by atoms with Crippen LogP contribution in [0, 0.1) is 20.8 Å². The summed E-state index contributed by atoms with van der Waals surface area (Å²) in [5.41, 5.74) is 3.26. The average Bonchev–Trinajstić information content (AvgIpc) is 2.86. The lowest BCUT2D eigenvalue weighted by Gasteiger charge is -2.08. The lowest BCUT2D eigenvalue weighted by molar-refractivity contribution is -0.115. The first kappa shape index (κ1) is 16.6. The standard InChI is InChI=1S/C18H18N4O3/c1-10-7-16(23)21-18(19-10)13-5-4-6-14(8-13)20-17(24)9-15-11(2)22-25-12(15)3/h4-8H,9H2,1-3H3,(H,20,24)(H,19,21,23). The van der Waals surface area contributed by atoms with E-state index in [0.717, 1.165) is 11.1 Å². The van der Waals surface area contributed by atoms with Crippen LogP contribution in [0.15, 0.2) is 39.6 Å². The molecule has 25 heavy (non-hydrogen) atoms. The van der Waals surface area contributed by atoms with Crippen LogP contribution < -0.4 is 10.9 Å². The molecule has 3 rings (SSSR count). The second-order valence-corrected chi connectivity index (χ2v) is 5.84. The van der Waals surface area contributed by atoms with Crippen molar-refractivity contribution < 1.29 is 9.32 Å². The summed E-state index contributed by atoms with van der Waals surface area (Å²) in [4.78, 5) is 30.9. The molecule has 2 aromatic heterocycles. The Hall–Kier alpha value is -3.22. The van der Waals surface area contributed by atoms with Gasteiger partial charge in [-0.05, 0) is 32.9 Å². The normalized spacial score (nSPS) is 10.7. The van der Waals surface area contributed by atoms with Gasteiger partial charge in [0.05, 0.1) is 12.1 Å². The maximum Gasteiger partial charge on any atom is 0.251 e. The van der Waals surface area contributed by atoms with E-state index < -0.39 is 0 Å². The highest BCUT2D eigenvalue weighted by molar-refractivity contribution is 5.93. The fourth-order valence-electron chi connectivity index (χ4n) is 2.58. The third-order valence-corrected chi connectivity index (χ3v) is 3.81. The Morgan fingerprint density at radius 3 is 2.72 bits per heavy atom. The average molecular weight is 338 g/mol. The van der Waals surface area contributed by atoms with Crippen LogP contribution in [0.4, 0.5) is 5.69 Å². The van der Waals surface area contributed by atoms with Crippen molar-refractivity contribution in [2.45, 2.75) is 27.2 Å². The first-order chi connectivity index (χ1) is 11.9. The van der Waals surface area contributed by atoms with Gasteiger partial charge >= 0.3 is 0 Å². The Morgan fingerprint density at radius 1 is 1.24 bits per heavy atom. The molecular weight excluding hydrogens is 320 g/mol. The maximum atomic E-state index is 12.3. The van der Waals surface area contributed by atoms with Crippen molar-refractivity contribution in [1.82, 2.24) is 15.1 Å². The van der Waals surface area contributed by atoms with Gasteiger partial charge in [0.1, 0.15) is 11.6 Å². The molecule has 0 saturated heterocycles. The fraction of sp³-hybridized carbons (Fsp3) is 0.222. The zero-order valence-electron chi connectivity index (χ0n) is 14.2. The van der Waals surface area contributed by atoms with E-state index in [0.29, 0.717) is 28.7 Å². The molecule has 128 valence electrons. The molecular formula is C18H18N4O3. The molecule has 3 aromatic rings. The van der Waals surface area contributed by atoms with Crippen molar-refractivity contribution in [3.63, 3.8) is 0 Å². The molecule has 0 saturated carbocycles. The molecule has 7 nitrogen and oxygen atoms in total. The molecule has 0 aliphatic carbocycles. The van der Waals surface area contributed by atoms with E-state index >= 15 is 0 Å². The number of hydrogen-bond acceptors (Lipinski definition) is 5. The second-order valence-electron chi connectivity index (χ2n) is 5.84. The van der Waals surface area contributed by atoms with Crippen LogP contribution in [0.3, 0.4) is 0 Å². The summed E-state index contributed by atoms with van der Waals surface area (Å²) in [6, 6.07) is 8.59. The molecule has 0 fully saturated rings. The number of H-pyrrole nitrogens is 1. The largest absolute Gasteiger partial charge is 0.361 e. The van der Waals surface area contributed by atoms with Gasteiger partial charge < -0.3 is 14.8 Å². The highest BCUT2D eigenvalue weighted by Gasteiger charge is 2.14. The number of aryl methyl sites for hydroxylation is 3. The molecule has 0 aliphatic rings. The molecule has 0 spiro atoms. The number of nitrogens with one attached hydrogen (secondary N) is 2. The van der Waals surface area contributed by atoms with E-state index in [-0.39, 0.29) is 17.9 Å². The smallest absolute Gasteiger partial charge is 0.251 e. The number of carbonyl (C=O) groups is 1. The predicted octanol–water partition coefficient (Wildman–Crippen LogP) is 2.53. The Morgan fingerprint density at radius 2 is 2.04 bits per heavy atom. The number of aromatic nitrogens is 3. The first-order valence-electron chi connectivity index (χ1n) is 7.82. The van der Waals surface area contributed by atoms with Gasteiger partial charge in [0.15, 0.2) is 0 Å². The van der Waals surface area contributed by atoms with Crippen LogP contribution >= 0.6 is 0 Å². The summed E-state index contributed by atoms with van der Waals surface area (Å²) in [7, 11) is 0. The van der Waals surface area contributed by atoms with Gasteiger partial charge in [-0.3, -0.25) is 9.59 Å². The molecule has 0 aliphatic heterocycles. The molecule has 0 radical (unpaired) electrons. The van der Waals surface area contributed by atoms with E-state index in [9.17, 15) is 9.59 Å². The van der Waals surface area contributed by atoms with Crippen LogP contribution in [-0.2, 0) is 11.2 Å². The van der Waals surface area contributed by atoms with Gasteiger partial charge in [-0.2, -0.15) is 0 Å². The minimum Gasteiger partial charge on any atom is -0.361 e. The molecule has 2 heterocycles. The molecule has 1 amide bonds. The van der Waals surface area contributed by atoms with Crippen molar-refractivity contribution in [2.24, 2.45) is 0 Å². The van der Waals surface area contributed by atoms with Gasteiger partial charge in [-0.25, -0.2) is 4.98 Å². The summed E-state index contributed by atoms with van der Waals surface area (Å²) < 4.78 is 5.07. The van der Waals surface area contributed by atoms with Crippen molar-refractivity contribution in [3.05, 3.63) is 63.4 Å². The fourth-order valence-corrected chi connectivity index (χ4v) is 2.58. The highest BCUT2D eigenvalue weighted by Crippen LogP contribution is 2.20. The molecule has 0 unspecified atom stereocenters. The first-order valence-corrected chi connectivity index (χ1v) is 7.82. The van der Waals surface area contributed by atoms with Crippen molar-refractivity contribution in [2.75, 3.05) is 5.32 Å². The number of rotatable bonds is 4. The predicted molar refractivity (Wildman–Crippen MR) is 93.3 cm³/mol. The Kier molecular flexibility index (Phi) is 4.47. The number of anilines is 1. The Bertz CT molecular complexity index is 968. The summed E-state index contributed by atoms with van der Waals surface area (Å²) >= 11 is 0. The van der Waals surface area contributed by atoms with E-state index in [4.69, 9.17) is 4.52 Å².